The predicted molar refractivity (Wildman–Crippen MR) is 103 cm³/mol. The third kappa shape index (κ3) is 3.42. The maximum atomic E-state index is 13.1. The molecule has 3 heterocycles. The van der Waals surface area contributed by atoms with E-state index in [0.29, 0.717) is 38.4 Å². The van der Waals surface area contributed by atoms with Gasteiger partial charge in [-0.3, -0.25) is 4.79 Å². The molecule has 1 fully saturated rings. The van der Waals surface area contributed by atoms with Gasteiger partial charge in [0.05, 0.1) is 24.2 Å². The molecule has 0 radical (unpaired) electrons. The van der Waals surface area contributed by atoms with Crippen LogP contribution in [0.15, 0.2) is 40.6 Å². The van der Waals surface area contributed by atoms with Gasteiger partial charge in [-0.2, -0.15) is 4.31 Å². The van der Waals surface area contributed by atoms with Crippen molar-refractivity contribution in [1.29, 1.82) is 0 Å². The third-order valence-corrected chi connectivity index (χ3v) is 8.12. The number of amides is 1. The number of rotatable bonds is 3. The monoisotopic (exact) mass is 406 g/mol. The number of benzene rings is 1. The van der Waals surface area contributed by atoms with Crippen molar-refractivity contribution in [2.24, 2.45) is 0 Å². The van der Waals surface area contributed by atoms with E-state index in [9.17, 15) is 13.2 Å². The number of hydrogen-bond donors (Lipinski definition) is 0. The highest BCUT2D eigenvalue weighted by molar-refractivity contribution is 7.89. The van der Waals surface area contributed by atoms with E-state index >= 15 is 0 Å². The number of carbonyl (C=O) groups excluding carboxylic acids is 1. The molecule has 2 aliphatic heterocycles. The normalized spacial score (nSPS) is 21.1. The molecule has 0 N–H and O–H groups in total. The van der Waals surface area contributed by atoms with Crippen molar-refractivity contribution < 1.29 is 17.9 Å². The van der Waals surface area contributed by atoms with Crippen LogP contribution >= 0.6 is 11.3 Å². The fourth-order valence-corrected chi connectivity index (χ4v) is 6.10. The third-order valence-electron chi connectivity index (χ3n) is 5.23. The number of fused-ring (bicyclic) bond motifs is 1. The van der Waals surface area contributed by atoms with Gasteiger partial charge in [0.25, 0.3) is 5.91 Å². The lowest BCUT2D eigenvalue weighted by Crippen LogP contribution is -2.41. The minimum Gasteiger partial charge on any atom is -0.379 e. The Labute approximate surface area is 163 Å². The molecule has 2 aliphatic rings. The van der Waals surface area contributed by atoms with Crippen LogP contribution in [0.25, 0.3) is 0 Å². The van der Waals surface area contributed by atoms with Gasteiger partial charge < -0.3 is 9.64 Å². The Bertz CT molecular complexity index is 948. The van der Waals surface area contributed by atoms with E-state index in [4.69, 9.17) is 4.74 Å². The van der Waals surface area contributed by atoms with Gasteiger partial charge >= 0.3 is 0 Å². The number of hydrogen-bond acceptors (Lipinski definition) is 5. The Kier molecular flexibility index (Phi) is 5.07. The van der Waals surface area contributed by atoms with E-state index in [2.05, 4.69) is 11.4 Å². The molecule has 8 heteroatoms. The van der Waals surface area contributed by atoms with Crippen LogP contribution in [0.5, 0.6) is 0 Å². The summed E-state index contributed by atoms with van der Waals surface area (Å²) >= 11 is 1.73. The number of thiophene rings is 1. The second-order valence-corrected chi connectivity index (χ2v) is 9.71. The summed E-state index contributed by atoms with van der Waals surface area (Å²) < 4.78 is 32.4. The van der Waals surface area contributed by atoms with Crippen LogP contribution in [0.3, 0.4) is 0 Å². The fraction of sp³-hybridized carbons (Fsp3) is 0.421. The van der Waals surface area contributed by atoms with Crippen molar-refractivity contribution in [3.63, 3.8) is 0 Å². The van der Waals surface area contributed by atoms with Crippen LogP contribution in [0.4, 0.5) is 0 Å². The Hall–Kier alpha value is -1.74. The molecule has 0 saturated carbocycles. The van der Waals surface area contributed by atoms with Crippen molar-refractivity contribution >= 4 is 27.3 Å². The molecule has 1 amide bonds. The van der Waals surface area contributed by atoms with E-state index in [1.807, 2.05) is 11.8 Å². The van der Waals surface area contributed by atoms with E-state index < -0.39 is 10.0 Å². The summed E-state index contributed by atoms with van der Waals surface area (Å²) in [7, 11) is -3.62. The maximum Gasteiger partial charge on any atom is 0.254 e. The summed E-state index contributed by atoms with van der Waals surface area (Å²) in [5.74, 6) is -0.127. The molecule has 1 atom stereocenters. The topological polar surface area (TPSA) is 66.9 Å². The zero-order valence-corrected chi connectivity index (χ0v) is 16.8. The largest absolute Gasteiger partial charge is 0.379 e. The standard InChI is InChI=1S/C19H22N2O4S2/c1-14-17-6-12-26-18(17)5-7-21(14)19(22)15-3-2-4-16(13-15)27(23,24)20-8-10-25-11-9-20/h2-4,6,12-14H,5,7-11H2,1H3/t14-/m1/s1. The highest BCUT2D eigenvalue weighted by Gasteiger charge is 2.31. The summed E-state index contributed by atoms with van der Waals surface area (Å²) in [4.78, 5) is 16.4. The van der Waals surface area contributed by atoms with E-state index in [0.717, 1.165) is 6.42 Å². The maximum absolute atomic E-state index is 13.1. The van der Waals surface area contributed by atoms with Gasteiger partial charge in [0.15, 0.2) is 0 Å². The Morgan fingerprint density at radius 3 is 2.74 bits per heavy atom. The fourth-order valence-electron chi connectivity index (χ4n) is 3.68. The molecule has 2 aromatic rings. The summed E-state index contributed by atoms with van der Waals surface area (Å²) in [6.45, 7) is 4.14. The lowest BCUT2D eigenvalue weighted by atomic mass is 10.0. The van der Waals surface area contributed by atoms with Crippen molar-refractivity contribution in [1.82, 2.24) is 9.21 Å². The van der Waals surface area contributed by atoms with Crippen molar-refractivity contribution in [2.75, 3.05) is 32.8 Å². The van der Waals surface area contributed by atoms with E-state index in [1.54, 1.807) is 29.5 Å². The highest BCUT2D eigenvalue weighted by atomic mass is 32.2. The van der Waals surface area contributed by atoms with Crippen molar-refractivity contribution in [3.8, 4) is 0 Å². The molecule has 0 unspecified atom stereocenters. The minimum absolute atomic E-state index is 0.00740. The average molecular weight is 407 g/mol. The van der Waals surface area contributed by atoms with Crippen molar-refractivity contribution in [2.45, 2.75) is 24.3 Å². The van der Waals surface area contributed by atoms with Gasteiger partial charge in [-0.15, -0.1) is 11.3 Å². The molecular weight excluding hydrogens is 384 g/mol. The van der Waals surface area contributed by atoms with E-state index in [1.165, 1.54) is 20.8 Å². The molecular formula is C19H22N2O4S2. The predicted octanol–water partition coefficient (Wildman–Crippen LogP) is 2.53. The van der Waals surface area contributed by atoms with Gasteiger partial charge in [0.2, 0.25) is 10.0 Å². The molecule has 1 saturated heterocycles. The van der Waals surface area contributed by atoms with Gasteiger partial charge in [-0.25, -0.2) is 8.42 Å². The number of sulfonamides is 1. The first kappa shape index (κ1) is 18.6. The molecule has 1 aromatic heterocycles. The molecule has 0 bridgehead atoms. The summed E-state index contributed by atoms with van der Waals surface area (Å²) in [5, 5.41) is 2.06. The van der Waals surface area contributed by atoms with Gasteiger partial charge in [0, 0.05) is 30.1 Å². The van der Waals surface area contributed by atoms with Crippen LogP contribution in [0.1, 0.15) is 33.8 Å². The smallest absolute Gasteiger partial charge is 0.254 e. The number of nitrogens with zero attached hydrogens (tertiary/aromatic N) is 2. The van der Waals surface area contributed by atoms with Crippen LogP contribution in [0.2, 0.25) is 0 Å². The second kappa shape index (κ2) is 7.35. The van der Waals surface area contributed by atoms with E-state index in [-0.39, 0.29) is 16.8 Å². The number of carbonyl (C=O) groups is 1. The first-order chi connectivity index (χ1) is 13.0. The summed E-state index contributed by atoms with van der Waals surface area (Å²) in [6, 6.07) is 8.46. The molecule has 144 valence electrons. The number of morpholine rings is 1. The SMILES string of the molecule is C[C@@H]1c2ccsc2CCN1C(=O)c1cccc(S(=O)(=O)N2CCOCC2)c1. The zero-order valence-electron chi connectivity index (χ0n) is 15.1. The molecule has 6 nitrogen and oxygen atoms in total. The van der Waals surface area contributed by atoms with Crippen LogP contribution in [-0.4, -0.2) is 56.4 Å². The highest BCUT2D eigenvalue weighted by Crippen LogP contribution is 2.34. The van der Waals surface area contributed by atoms with Crippen LogP contribution < -0.4 is 0 Å². The second-order valence-electron chi connectivity index (χ2n) is 6.77. The minimum atomic E-state index is -3.62. The molecule has 1 aromatic carbocycles. The first-order valence-corrected chi connectivity index (χ1v) is 11.4. The molecule has 4 rings (SSSR count). The Morgan fingerprint density at radius 1 is 1.19 bits per heavy atom. The molecule has 27 heavy (non-hydrogen) atoms. The van der Waals surface area contributed by atoms with Crippen LogP contribution in [-0.2, 0) is 21.2 Å². The number of ether oxygens (including phenoxy) is 1. The molecule has 0 spiro atoms. The van der Waals surface area contributed by atoms with Crippen LogP contribution in [0, 0.1) is 0 Å². The Morgan fingerprint density at radius 2 is 1.96 bits per heavy atom. The zero-order chi connectivity index (χ0) is 19.0. The lowest BCUT2D eigenvalue weighted by Gasteiger charge is -2.34. The first-order valence-electron chi connectivity index (χ1n) is 9.03. The van der Waals surface area contributed by atoms with Crippen molar-refractivity contribution in [3.05, 3.63) is 51.7 Å². The average Bonchev–Trinajstić information content (AvgIpc) is 3.18. The van der Waals surface area contributed by atoms with Gasteiger partial charge in [0.1, 0.15) is 0 Å². The summed E-state index contributed by atoms with van der Waals surface area (Å²) in [6.07, 6.45) is 0.842. The lowest BCUT2D eigenvalue weighted by molar-refractivity contribution is 0.0678. The van der Waals surface area contributed by atoms with Gasteiger partial charge in [-0.1, -0.05) is 6.07 Å². The summed E-state index contributed by atoms with van der Waals surface area (Å²) in [5.41, 5.74) is 1.60. The van der Waals surface area contributed by atoms with Gasteiger partial charge in [-0.05, 0) is 48.6 Å². The quantitative estimate of drug-likeness (QED) is 0.786. The molecule has 0 aliphatic carbocycles. The Balaban J connectivity index is 1.60.